The molecular formula is C17H35N3O2S. The van der Waals surface area contributed by atoms with Crippen molar-refractivity contribution in [3.8, 4) is 0 Å². The number of guanidine groups is 1. The van der Waals surface area contributed by atoms with Crippen LogP contribution in [0.1, 0.15) is 59.3 Å². The molecule has 0 unspecified atom stereocenters. The van der Waals surface area contributed by atoms with Crippen LogP contribution in [-0.4, -0.2) is 46.5 Å². The molecule has 1 aliphatic carbocycles. The van der Waals surface area contributed by atoms with Crippen molar-refractivity contribution in [2.45, 2.75) is 59.3 Å². The zero-order chi connectivity index (χ0) is 17.6. The lowest BCUT2D eigenvalue weighted by molar-refractivity contribution is 0.282. The van der Waals surface area contributed by atoms with Gasteiger partial charge in [-0.15, -0.1) is 0 Å². The van der Waals surface area contributed by atoms with Crippen molar-refractivity contribution in [1.29, 1.82) is 0 Å². The Labute approximate surface area is 142 Å². The van der Waals surface area contributed by atoms with Gasteiger partial charge in [0.05, 0.1) is 5.75 Å². The van der Waals surface area contributed by atoms with E-state index >= 15 is 0 Å². The highest BCUT2D eigenvalue weighted by molar-refractivity contribution is 7.90. The fourth-order valence-electron chi connectivity index (χ4n) is 3.15. The van der Waals surface area contributed by atoms with E-state index in [2.05, 4.69) is 36.4 Å². The van der Waals surface area contributed by atoms with Crippen molar-refractivity contribution in [2.24, 2.45) is 15.8 Å². The maximum absolute atomic E-state index is 11.3. The summed E-state index contributed by atoms with van der Waals surface area (Å²) in [5.41, 5.74) is 0.333. The predicted molar refractivity (Wildman–Crippen MR) is 98.7 cm³/mol. The first-order valence-electron chi connectivity index (χ1n) is 8.74. The van der Waals surface area contributed by atoms with Crippen LogP contribution in [0.25, 0.3) is 0 Å². The smallest absolute Gasteiger partial charge is 0.191 e. The van der Waals surface area contributed by atoms with Crippen molar-refractivity contribution in [2.75, 3.05) is 32.1 Å². The van der Waals surface area contributed by atoms with Crippen molar-refractivity contribution in [3.05, 3.63) is 0 Å². The summed E-state index contributed by atoms with van der Waals surface area (Å²) >= 11 is 0. The number of nitrogens with zero attached hydrogens (tertiary/aromatic N) is 1. The van der Waals surface area contributed by atoms with Crippen molar-refractivity contribution < 1.29 is 8.42 Å². The van der Waals surface area contributed by atoms with Crippen LogP contribution >= 0.6 is 0 Å². The number of sulfone groups is 1. The van der Waals surface area contributed by atoms with E-state index in [1.165, 1.54) is 38.4 Å². The van der Waals surface area contributed by atoms with Gasteiger partial charge in [0.2, 0.25) is 0 Å². The number of hydrogen-bond acceptors (Lipinski definition) is 3. The summed E-state index contributed by atoms with van der Waals surface area (Å²) in [7, 11) is -1.12. The molecule has 1 aliphatic rings. The third kappa shape index (κ3) is 7.55. The first-order chi connectivity index (χ1) is 10.6. The second-order valence-electron chi connectivity index (χ2n) is 7.88. The fraction of sp³-hybridized carbons (Fsp3) is 0.941. The summed E-state index contributed by atoms with van der Waals surface area (Å²) in [6.45, 7) is 8.12. The SMILES string of the molecule is CCC1(CNC(=NC)NCC(C)(C)CCS(C)(=O)=O)CCCC1. The van der Waals surface area contributed by atoms with Gasteiger partial charge in [-0.1, -0.05) is 33.6 Å². The number of aliphatic imine (C=N–C) groups is 1. The zero-order valence-corrected chi connectivity index (χ0v) is 16.4. The summed E-state index contributed by atoms with van der Waals surface area (Å²) in [4.78, 5) is 4.30. The zero-order valence-electron chi connectivity index (χ0n) is 15.5. The molecular weight excluding hydrogens is 310 g/mol. The highest BCUT2D eigenvalue weighted by Gasteiger charge is 2.32. The molecule has 1 fully saturated rings. The van der Waals surface area contributed by atoms with E-state index in [4.69, 9.17) is 0 Å². The quantitative estimate of drug-likeness (QED) is 0.524. The van der Waals surface area contributed by atoms with Crippen LogP contribution in [0.2, 0.25) is 0 Å². The Morgan fingerprint density at radius 3 is 2.30 bits per heavy atom. The molecule has 23 heavy (non-hydrogen) atoms. The van der Waals surface area contributed by atoms with Crippen LogP contribution in [0.15, 0.2) is 4.99 Å². The second kappa shape index (κ2) is 8.36. The van der Waals surface area contributed by atoms with Gasteiger partial charge in [0.1, 0.15) is 9.84 Å². The Kier molecular flexibility index (Phi) is 7.36. The molecule has 1 rings (SSSR count). The van der Waals surface area contributed by atoms with E-state index in [0.29, 0.717) is 18.4 Å². The van der Waals surface area contributed by atoms with Gasteiger partial charge in [-0.05, 0) is 36.5 Å². The molecule has 0 atom stereocenters. The molecule has 1 saturated carbocycles. The highest BCUT2D eigenvalue weighted by atomic mass is 32.2. The normalized spacial score (nSPS) is 18.9. The van der Waals surface area contributed by atoms with E-state index in [0.717, 1.165) is 12.5 Å². The van der Waals surface area contributed by atoms with Gasteiger partial charge in [-0.25, -0.2) is 8.42 Å². The van der Waals surface area contributed by atoms with Gasteiger partial charge in [-0.3, -0.25) is 4.99 Å². The topological polar surface area (TPSA) is 70.6 Å². The average molecular weight is 346 g/mol. The van der Waals surface area contributed by atoms with Gasteiger partial charge in [0.25, 0.3) is 0 Å². The lowest BCUT2D eigenvalue weighted by Crippen LogP contribution is -2.45. The lowest BCUT2D eigenvalue weighted by atomic mass is 9.83. The van der Waals surface area contributed by atoms with E-state index in [1.807, 2.05) is 0 Å². The van der Waals surface area contributed by atoms with Crippen LogP contribution in [-0.2, 0) is 9.84 Å². The Hall–Kier alpha value is -0.780. The minimum absolute atomic E-state index is 0.0868. The molecule has 0 aliphatic heterocycles. The standard InChI is InChI=1S/C17H35N3O2S/c1-6-17(9-7-8-10-17)14-20-15(18-4)19-13-16(2,3)11-12-23(5,21)22/h6-14H2,1-5H3,(H2,18,19,20). The fourth-order valence-corrected chi connectivity index (χ4v) is 4.07. The van der Waals surface area contributed by atoms with Crippen LogP contribution in [0.3, 0.4) is 0 Å². The maximum atomic E-state index is 11.3. The number of hydrogen-bond donors (Lipinski definition) is 2. The second-order valence-corrected chi connectivity index (χ2v) is 10.1. The van der Waals surface area contributed by atoms with Gasteiger partial charge < -0.3 is 10.6 Å². The minimum atomic E-state index is -2.91. The predicted octanol–water partition coefficient (Wildman–Crippen LogP) is 2.58. The molecule has 0 bridgehead atoms. The molecule has 136 valence electrons. The van der Waals surface area contributed by atoms with Gasteiger partial charge >= 0.3 is 0 Å². The van der Waals surface area contributed by atoms with Crippen molar-refractivity contribution in [3.63, 3.8) is 0 Å². The summed E-state index contributed by atoms with van der Waals surface area (Å²) in [5, 5.41) is 6.82. The summed E-state index contributed by atoms with van der Waals surface area (Å²) < 4.78 is 22.7. The molecule has 0 aromatic rings. The first-order valence-corrected chi connectivity index (χ1v) is 10.8. The molecule has 0 saturated heterocycles. The van der Waals surface area contributed by atoms with Crippen LogP contribution in [0, 0.1) is 10.8 Å². The maximum Gasteiger partial charge on any atom is 0.191 e. The first kappa shape index (κ1) is 20.3. The van der Waals surface area contributed by atoms with Crippen molar-refractivity contribution in [1.82, 2.24) is 10.6 Å². The largest absolute Gasteiger partial charge is 0.356 e. The monoisotopic (exact) mass is 345 g/mol. The third-order valence-corrected chi connectivity index (χ3v) is 6.10. The van der Waals surface area contributed by atoms with E-state index in [9.17, 15) is 8.42 Å². The van der Waals surface area contributed by atoms with E-state index < -0.39 is 9.84 Å². The third-order valence-electron chi connectivity index (χ3n) is 5.15. The minimum Gasteiger partial charge on any atom is -0.356 e. The van der Waals surface area contributed by atoms with Crippen LogP contribution in [0.4, 0.5) is 0 Å². The number of nitrogens with one attached hydrogen (secondary N) is 2. The molecule has 0 amide bonds. The Bertz CT molecular complexity index is 492. The Balaban J connectivity index is 2.44. The van der Waals surface area contributed by atoms with Crippen molar-refractivity contribution >= 4 is 15.8 Å². The van der Waals surface area contributed by atoms with Gasteiger partial charge in [-0.2, -0.15) is 0 Å². The molecule has 2 N–H and O–H groups in total. The van der Waals surface area contributed by atoms with Crippen LogP contribution in [0.5, 0.6) is 0 Å². The van der Waals surface area contributed by atoms with Gasteiger partial charge in [0, 0.05) is 26.4 Å². The Morgan fingerprint density at radius 1 is 1.22 bits per heavy atom. The number of rotatable bonds is 8. The molecule has 0 radical (unpaired) electrons. The summed E-state index contributed by atoms with van der Waals surface area (Å²) in [5.74, 6) is 1.05. The molecule has 0 heterocycles. The van der Waals surface area contributed by atoms with E-state index in [1.54, 1.807) is 7.05 Å². The molecule has 6 heteroatoms. The van der Waals surface area contributed by atoms with Gasteiger partial charge in [0.15, 0.2) is 5.96 Å². The molecule has 0 aromatic heterocycles. The average Bonchev–Trinajstić information content (AvgIpc) is 2.94. The van der Waals surface area contributed by atoms with Crippen LogP contribution < -0.4 is 10.6 Å². The highest BCUT2D eigenvalue weighted by Crippen LogP contribution is 2.40. The summed E-state index contributed by atoms with van der Waals surface area (Å²) in [6.07, 6.45) is 8.41. The van der Waals surface area contributed by atoms with E-state index in [-0.39, 0.29) is 11.2 Å². The lowest BCUT2D eigenvalue weighted by Gasteiger charge is -2.30. The molecule has 5 nitrogen and oxygen atoms in total. The Morgan fingerprint density at radius 2 is 1.83 bits per heavy atom. The summed E-state index contributed by atoms with van der Waals surface area (Å²) in [6, 6.07) is 0. The molecule has 0 aromatic carbocycles. The molecule has 0 spiro atoms.